The van der Waals surface area contributed by atoms with E-state index in [1.165, 1.54) is 12.1 Å². The monoisotopic (exact) mass is 445 g/mol. The van der Waals surface area contributed by atoms with Gasteiger partial charge in [0.05, 0.1) is 17.1 Å². The number of aromatic nitrogens is 1. The van der Waals surface area contributed by atoms with Crippen molar-refractivity contribution in [2.75, 3.05) is 11.4 Å². The summed E-state index contributed by atoms with van der Waals surface area (Å²) in [5, 5.41) is 0. The highest BCUT2D eigenvalue weighted by Crippen LogP contribution is 2.42. The minimum atomic E-state index is -0.408. The highest BCUT2D eigenvalue weighted by molar-refractivity contribution is 6.00. The fourth-order valence-electron chi connectivity index (χ4n) is 4.72. The summed E-state index contributed by atoms with van der Waals surface area (Å²) >= 11 is 0. The minimum absolute atomic E-state index is 0.0553. The van der Waals surface area contributed by atoms with Crippen molar-refractivity contribution in [3.8, 4) is 5.69 Å². The number of benzene rings is 2. The first-order valence-electron chi connectivity index (χ1n) is 11.7. The summed E-state index contributed by atoms with van der Waals surface area (Å²) in [6.07, 6.45) is 6.13. The topological polar surface area (TPSA) is 45.6 Å². The molecule has 0 bridgehead atoms. The molecule has 1 aromatic heterocycles. The molecule has 0 saturated heterocycles. The molecule has 5 rings (SSSR count). The molecule has 1 fully saturated rings. The number of rotatable bonds is 7. The van der Waals surface area contributed by atoms with E-state index < -0.39 is 6.04 Å². The molecule has 2 aliphatic rings. The van der Waals surface area contributed by atoms with E-state index in [1.54, 1.807) is 21.9 Å². The van der Waals surface area contributed by atoms with Crippen molar-refractivity contribution in [1.29, 1.82) is 0 Å². The van der Waals surface area contributed by atoms with Crippen molar-refractivity contribution >= 4 is 17.5 Å². The molecule has 0 N–H and O–H groups in total. The Morgan fingerprint density at radius 1 is 1.00 bits per heavy atom. The highest BCUT2D eigenvalue weighted by atomic mass is 19.1. The Morgan fingerprint density at radius 2 is 1.73 bits per heavy atom. The van der Waals surface area contributed by atoms with E-state index in [4.69, 9.17) is 0 Å². The lowest BCUT2D eigenvalue weighted by atomic mass is 9.97. The average molecular weight is 446 g/mol. The fourth-order valence-corrected chi connectivity index (χ4v) is 4.72. The van der Waals surface area contributed by atoms with Crippen LogP contribution in [-0.2, 0) is 9.59 Å². The number of fused-ring (bicyclic) bond motifs is 3. The predicted molar refractivity (Wildman–Crippen MR) is 126 cm³/mol. The SMILES string of the molecule is CCCCC(=O)N(CC(=O)N1c2ccccc2-n2cccc2C1c1ccc(F)cc1)C1CC1. The molecule has 3 aromatic rings. The van der Waals surface area contributed by atoms with Gasteiger partial charge in [0.15, 0.2) is 0 Å². The summed E-state index contributed by atoms with van der Waals surface area (Å²) in [4.78, 5) is 30.4. The second-order valence-electron chi connectivity index (χ2n) is 8.87. The van der Waals surface area contributed by atoms with Gasteiger partial charge in [-0.05, 0) is 61.2 Å². The van der Waals surface area contributed by atoms with Crippen LogP contribution in [0.15, 0.2) is 66.9 Å². The number of unbranched alkanes of at least 4 members (excludes halogenated alkanes) is 1. The first-order chi connectivity index (χ1) is 16.1. The molecular weight excluding hydrogens is 417 g/mol. The molecule has 5 nitrogen and oxygen atoms in total. The van der Waals surface area contributed by atoms with Crippen LogP contribution in [-0.4, -0.2) is 33.9 Å². The average Bonchev–Trinajstić information content (AvgIpc) is 3.55. The Balaban J connectivity index is 1.55. The third kappa shape index (κ3) is 4.06. The summed E-state index contributed by atoms with van der Waals surface area (Å²) in [5.74, 6) is -0.384. The zero-order chi connectivity index (χ0) is 22.9. The lowest BCUT2D eigenvalue weighted by molar-refractivity contribution is -0.136. The van der Waals surface area contributed by atoms with Crippen LogP contribution in [0.25, 0.3) is 5.69 Å². The smallest absolute Gasteiger partial charge is 0.247 e. The molecule has 2 amide bonds. The lowest BCUT2D eigenvalue weighted by Gasteiger charge is -2.39. The molecule has 170 valence electrons. The maximum atomic E-state index is 13.9. The highest BCUT2D eigenvalue weighted by Gasteiger charge is 2.39. The predicted octanol–water partition coefficient (Wildman–Crippen LogP) is 5.23. The molecule has 1 aliphatic heterocycles. The molecular formula is C27H28FN3O2. The second kappa shape index (κ2) is 8.85. The molecule has 0 spiro atoms. The van der Waals surface area contributed by atoms with Crippen molar-refractivity contribution in [1.82, 2.24) is 9.47 Å². The Labute approximate surface area is 193 Å². The quantitative estimate of drug-likeness (QED) is 0.500. The van der Waals surface area contributed by atoms with Gasteiger partial charge in [-0.2, -0.15) is 0 Å². The third-order valence-electron chi connectivity index (χ3n) is 6.53. The maximum Gasteiger partial charge on any atom is 0.247 e. The number of halogens is 1. The van der Waals surface area contributed by atoms with Gasteiger partial charge in [0.25, 0.3) is 0 Å². The van der Waals surface area contributed by atoms with E-state index in [2.05, 4.69) is 11.5 Å². The van der Waals surface area contributed by atoms with E-state index in [-0.39, 0.29) is 30.2 Å². The van der Waals surface area contributed by atoms with Crippen LogP contribution in [0.1, 0.15) is 56.3 Å². The summed E-state index contributed by atoms with van der Waals surface area (Å²) in [6.45, 7) is 2.12. The first kappa shape index (κ1) is 21.4. The van der Waals surface area contributed by atoms with Gasteiger partial charge in [-0.1, -0.05) is 37.6 Å². The number of anilines is 1. The van der Waals surface area contributed by atoms with Gasteiger partial charge in [0, 0.05) is 18.7 Å². The van der Waals surface area contributed by atoms with Gasteiger partial charge in [-0.15, -0.1) is 0 Å². The van der Waals surface area contributed by atoms with Gasteiger partial charge in [-0.25, -0.2) is 4.39 Å². The Bertz CT molecular complexity index is 1170. The molecule has 1 saturated carbocycles. The molecule has 6 heteroatoms. The van der Waals surface area contributed by atoms with Gasteiger partial charge in [-0.3, -0.25) is 14.5 Å². The number of amides is 2. The van der Waals surface area contributed by atoms with Gasteiger partial charge >= 0.3 is 0 Å². The van der Waals surface area contributed by atoms with Crippen LogP contribution in [0.2, 0.25) is 0 Å². The molecule has 33 heavy (non-hydrogen) atoms. The largest absolute Gasteiger partial charge is 0.330 e. The van der Waals surface area contributed by atoms with E-state index in [0.717, 1.165) is 48.3 Å². The van der Waals surface area contributed by atoms with E-state index in [0.29, 0.717) is 6.42 Å². The zero-order valence-electron chi connectivity index (χ0n) is 18.8. The van der Waals surface area contributed by atoms with Crippen molar-refractivity contribution < 1.29 is 14.0 Å². The third-order valence-corrected chi connectivity index (χ3v) is 6.53. The van der Waals surface area contributed by atoms with E-state index in [9.17, 15) is 14.0 Å². The summed E-state index contributed by atoms with van der Waals surface area (Å²) in [7, 11) is 0. The number of carbonyl (C=O) groups excluding carboxylic acids is 2. The molecule has 2 heterocycles. The fraction of sp³-hybridized carbons (Fsp3) is 0.333. The van der Waals surface area contributed by atoms with Crippen molar-refractivity contribution in [2.24, 2.45) is 0 Å². The number of hydrogen-bond acceptors (Lipinski definition) is 2. The van der Waals surface area contributed by atoms with Crippen LogP contribution in [0.5, 0.6) is 0 Å². The number of carbonyl (C=O) groups is 2. The van der Waals surface area contributed by atoms with Crippen molar-refractivity contribution in [3.05, 3.63) is 83.9 Å². The minimum Gasteiger partial charge on any atom is -0.330 e. The van der Waals surface area contributed by atoms with E-state index >= 15 is 0 Å². The van der Waals surface area contributed by atoms with Crippen LogP contribution in [0, 0.1) is 5.82 Å². The standard InChI is InChI=1S/C27H28FN3O2/c1-2-3-10-25(32)30(21-15-16-21)18-26(33)31-23-8-5-4-7-22(23)29-17-6-9-24(29)27(31)19-11-13-20(28)14-12-19/h4-9,11-14,17,21,27H,2-3,10,15-16,18H2,1H3. The maximum absolute atomic E-state index is 13.9. The molecule has 1 unspecified atom stereocenters. The summed E-state index contributed by atoms with van der Waals surface area (Å²) in [5.41, 5.74) is 3.47. The van der Waals surface area contributed by atoms with Crippen LogP contribution in [0.3, 0.4) is 0 Å². The Kier molecular flexibility index (Phi) is 5.75. The number of nitrogens with zero attached hydrogens (tertiary/aromatic N) is 3. The lowest BCUT2D eigenvalue weighted by Crippen LogP contribution is -2.47. The van der Waals surface area contributed by atoms with Crippen LogP contribution >= 0.6 is 0 Å². The summed E-state index contributed by atoms with van der Waals surface area (Å²) < 4.78 is 15.8. The number of hydrogen-bond donors (Lipinski definition) is 0. The Hall–Kier alpha value is -3.41. The van der Waals surface area contributed by atoms with Crippen LogP contribution in [0.4, 0.5) is 10.1 Å². The van der Waals surface area contributed by atoms with Crippen molar-refractivity contribution in [2.45, 2.75) is 51.1 Å². The van der Waals surface area contributed by atoms with Crippen molar-refractivity contribution in [3.63, 3.8) is 0 Å². The molecule has 0 radical (unpaired) electrons. The Morgan fingerprint density at radius 3 is 2.42 bits per heavy atom. The van der Waals surface area contributed by atoms with Gasteiger partial charge in [0.2, 0.25) is 11.8 Å². The van der Waals surface area contributed by atoms with E-state index in [1.807, 2.05) is 42.6 Å². The normalized spacial score (nSPS) is 16.8. The van der Waals surface area contributed by atoms with Crippen LogP contribution < -0.4 is 4.90 Å². The summed E-state index contributed by atoms with van der Waals surface area (Å²) in [6, 6.07) is 17.8. The van der Waals surface area contributed by atoms with Gasteiger partial charge < -0.3 is 9.47 Å². The molecule has 1 atom stereocenters. The zero-order valence-corrected chi connectivity index (χ0v) is 18.8. The first-order valence-corrected chi connectivity index (χ1v) is 11.7. The van der Waals surface area contributed by atoms with Gasteiger partial charge in [0.1, 0.15) is 18.4 Å². The number of para-hydroxylation sites is 2. The second-order valence-corrected chi connectivity index (χ2v) is 8.87. The molecule has 1 aliphatic carbocycles. The molecule has 2 aromatic carbocycles.